The van der Waals surface area contributed by atoms with Crippen LogP contribution >= 0.6 is 0 Å². The van der Waals surface area contributed by atoms with Crippen LogP contribution in [0.15, 0.2) is 84.6 Å². The molecule has 0 spiro atoms. The molecule has 2 heterocycles. The molecule has 2 aliphatic rings. The third-order valence-corrected chi connectivity index (χ3v) is 6.90. The maximum Gasteiger partial charge on any atom is 0.159 e. The van der Waals surface area contributed by atoms with E-state index in [4.69, 9.17) is 11.7 Å². The van der Waals surface area contributed by atoms with Crippen LogP contribution in [0.3, 0.4) is 0 Å². The second-order valence-electron chi connectivity index (χ2n) is 6.51. The summed E-state index contributed by atoms with van der Waals surface area (Å²) in [6.07, 6.45) is 5.01. The lowest BCUT2D eigenvalue weighted by molar-refractivity contribution is 0.601. The number of anilines is 2. The van der Waals surface area contributed by atoms with Gasteiger partial charge in [0, 0.05) is 11.4 Å². The van der Waals surface area contributed by atoms with Gasteiger partial charge in [0.05, 0.1) is 28.7 Å². The maximum atomic E-state index is 11.2. The van der Waals surface area contributed by atoms with E-state index in [1.54, 1.807) is 18.2 Å². The van der Waals surface area contributed by atoms with Crippen LogP contribution in [0, 0.1) is 0 Å². The van der Waals surface area contributed by atoms with E-state index in [9.17, 15) is 16.8 Å². The van der Waals surface area contributed by atoms with Gasteiger partial charge in [0.25, 0.3) is 0 Å². The van der Waals surface area contributed by atoms with Crippen molar-refractivity contribution in [1.82, 2.24) is 0 Å². The van der Waals surface area contributed by atoms with Gasteiger partial charge >= 0.3 is 0 Å². The van der Waals surface area contributed by atoms with Crippen LogP contribution in [-0.4, -0.2) is 39.8 Å². The highest BCUT2D eigenvalue weighted by Gasteiger charge is 2.23. The topological polar surface area (TPSA) is 136 Å². The van der Waals surface area contributed by atoms with Gasteiger partial charge in [-0.3, -0.25) is 10.9 Å². The molecule has 0 aromatic heterocycles. The van der Waals surface area contributed by atoms with Crippen LogP contribution in [0.4, 0.5) is 11.4 Å². The van der Waals surface area contributed by atoms with E-state index < -0.39 is 19.7 Å². The van der Waals surface area contributed by atoms with Crippen molar-refractivity contribution in [2.45, 2.75) is 0 Å². The fourth-order valence-electron chi connectivity index (χ4n) is 2.52. The molecule has 162 valence electrons. The fraction of sp³-hybridized carbons (Fsp3) is 0.200. The lowest BCUT2D eigenvalue weighted by Gasteiger charge is -2.18. The summed E-state index contributed by atoms with van der Waals surface area (Å²) in [6, 6.07) is 18.9. The molecule has 4 rings (SSSR count). The molecule has 0 amide bonds. The normalized spacial score (nSPS) is 17.6. The first-order valence-corrected chi connectivity index (χ1v) is 12.7. The Bertz CT molecular complexity index is 1050. The lowest BCUT2D eigenvalue weighted by atomic mass is 10.3. The predicted octanol–water partition coefficient (Wildman–Crippen LogP) is 1.62. The molecule has 2 aromatic carbocycles. The summed E-state index contributed by atoms with van der Waals surface area (Å²) in [7, 11) is -5.62. The zero-order valence-electron chi connectivity index (χ0n) is 16.4. The van der Waals surface area contributed by atoms with Gasteiger partial charge in [-0.2, -0.15) is 0 Å². The number of benzene rings is 2. The highest BCUT2D eigenvalue weighted by Crippen LogP contribution is 2.19. The van der Waals surface area contributed by atoms with Crippen LogP contribution in [0.2, 0.25) is 0 Å². The Labute approximate surface area is 177 Å². The number of hydrogen-bond acceptors (Lipinski definition) is 8. The first kappa shape index (κ1) is 23.6. The predicted molar refractivity (Wildman–Crippen MR) is 122 cm³/mol. The van der Waals surface area contributed by atoms with Gasteiger partial charge in [-0.15, -0.1) is 0 Å². The average molecular weight is 451 g/mol. The number of rotatable bonds is 3. The molecule has 30 heavy (non-hydrogen) atoms. The lowest BCUT2D eigenvalue weighted by Crippen LogP contribution is -2.31. The Balaban J connectivity index is 0.000000179. The van der Waals surface area contributed by atoms with E-state index in [0.717, 1.165) is 11.4 Å². The van der Waals surface area contributed by atoms with Gasteiger partial charge in [0.2, 0.25) is 0 Å². The molecule has 0 saturated carbocycles. The molecule has 0 saturated heterocycles. The summed E-state index contributed by atoms with van der Waals surface area (Å²) in [5, 5.41) is 1.42. The molecule has 2 aliphatic heterocycles. The van der Waals surface area contributed by atoms with Crippen molar-refractivity contribution >= 4 is 31.0 Å². The minimum Gasteiger partial charge on any atom is -0.324 e. The summed E-state index contributed by atoms with van der Waals surface area (Å²) < 4.78 is 43.2. The molecular weight excluding hydrogens is 424 g/mol. The third-order valence-electron chi connectivity index (χ3n) is 4.09. The number of sulfone groups is 2. The molecule has 0 unspecified atom stereocenters. The highest BCUT2D eigenvalue weighted by molar-refractivity contribution is 7.92. The van der Waals surface area contributed by atoms with Gasteiger partial charge in [0.1, 0.15) is 0 Å². The van der Waals surface area contributed by atoms with Crippen LogP contribution in [-0.2, 0) is 19.7 Å². The molecule has 5 N–H and O–H groups in total. The van der Waals surface area contributed by atoms with Gasteiger partial charge < -0.3 is 5.43 Å². The van der Waals surface area contributed by atoms with E-state index in [0.29, 0.717) is 5.70 Å². The molecule has 8 nitrogen and oxygen atoms in total. The Hall–Kier alpha value is -2.66. The number of para-hydroxylation sites is 2. The third kappa shape index (κ3) is 7.99. The van der Waals surface area contributed by atoms with Crippen molar-refractivity contribution in [3.8, 4) is 0 Å². The van der Waals surface area contributed by atoms with Crippen molar-refractivity contribution < 1.29 is 16.8 Å². The zero-order chi connectivity index (χ0) is 22.0. The van der Waals surface area contributed by atoms with Gasteiger partial charge in [-0.1, -0.05) is 48.6 Å². The van der Waals surface area contributed by atoms with Crippen LogP contribution in [0.5, 0.6) is 0 Å². The zero-order valence-corrected chi connectivity index (χ0v) is 18.0. The van der Waals surface area contributed by atoms with Gasteiger partial charge in [0.15, 0.2) is 19.7 Å². The minimum atomic E-state index is -2.96. The fourth-order valence-corrected chi connectivity index (χ4v) is 4.79. The molecule has 0 fully saturated rings. The summed E-state index contributed by atoms with van der Waals surface area (Å²) in [5.41, 5.74) is 4.90. The van der Waals surface area contributed by atoms with Crippen molar-refractivity contribution in [1.29, 1.82) is 0 Å². The Morgan fingerprint density at radius 1 is 0.767 bits per heavy atom. The first-order valence-electron chi connectivity index (χ1n) is 9.09. The van der Waals surface area contributed by atoms with Crippen LogP contribution in [0.1, 0.15) is 0 Å². The standard InChI is InChI=1S/C10H12N2O2S.C6H8N2.C4H6O2S/c11-12(9-4-2-1-3-5-9)10-6-7-15(13,14)8-10;7-8-6-4-2-1-3-5-6;5-7(6)3-1-2-4-7/h1-6H,7-8,11H2;1-5,8H,7H2;1-2H,3-4H2. The Morgan fingerprint density at radius 2 is 1.30 bits per heavy atom. The Morgan fingerprint density at radius 3 is 1.67 bits per heavy atom. The van der Waals surface area contributed by atoms with E-state index in [2.05, 4.69) is 5.43 Å². The van der Waals surface area contributed by atoms with E-state index in [-0.39, 0.29) is 23.0 Å². The molecule has 0 bridgehead atoms. The van der Waals surface area contributed by atoms with Crippen LogP contribution in [0.25, 0.3) is 0 Å². The molecule has 0 aliphatic carbocycles. The smallest absolute Gasteiger partial charge is 0.159 e. The van der Waals surface area contributed by atoms with E-state index in [1.165, 1.54) is 5.01 Å². The van der Waals surface area contributed by atoms with E-state index in [1.807, 2.05) is 60.7 Å². The summed E-state index contributed by atoms with van der Waals surface area (Å²) in [4.78, 5) is 0. The van der Waals surface area contributed by atoms with Crippen molar-refractivity contribution in [3.63, 3.8) is 0 Å². The molecule has 0 atom stereocenters. The molecular formula is C20H26N4O4S2. The maximum absolute atomic E-state index is 11.2. The number of hydrogen-bond donors (Lipinski definition) is 3. The SMILES string of the molecule is NN(C1=CCS(=O)(=O)C1)c1ccccc1.NNc1ccccc1.O=S1(=O)CC=CC1. The summed E-state index contributed by atoms with van der Waals surface area (Å²) in [5.74, 6) is 11.5. The minimum absolute atomic E-state index is 0.0262. The quantitative estimate of drug-likeness (QED) is 0.365. The number of nitrogens with zero attached hydrogens (tertiary/aromatic N) is 1. The second kappa shape index (κ2) is 10.9. The second-order valence-corrected chi connectivity index (χ2v) is 10.8. The monoisotopic (exact) mass is 450 g/mol. The van der Waals surface area contributed by atoms with Crippen molar-refractivity contribution in [3.05, 3.63) is 84.6 Å². The highest BCUT2D eigenvalue weighted by atomic mass is 32.2. The summed E-state index contributed by atoms with van der Waals surface area (Å²) >= 11 is 0. The van der Waals surface area contributed by atoms with E-state index >= 15 is 0 Å². The summed E-state index contributed by atoms with van der Waals surface area (Å²) in [6.45, 7) is 0. The van der Waals surface area contributed by atoms with Crippen LogP contribution < -0.4 is 22.1 Å². The largest absolute Gasteiger partial charge is 0.324 e. The van der Waals surface area contributed by atoms with Gasteiger partial charge in [-0.05, 0) is 30.3 Å². The molecule has 2 aromatic rings. The molecule has 0 radical (unpaired) electrons. The first-order chi connectivity index (χ1) is 14.2. The van der Waals surface area contributed by atoms with Crippen molar-refractivity contribution in [2.24, 2.45) is 11.7 Å². The van der Waals surface area contributed by atoms with Gasteiger partial charge in [-0.25, -0.2) is 22.7 Å². The molecule has 10 heteroatoms. The average Bonchev–Trinajstić information content (AvgIpc) is 3.33. The Kier molecular flexibility index (Phi) is 8.60. The number of nitrogens with one attached hydrogen (secondary N) is 1. The number of hydrazine groups is 2. The number of nitrogen functional groups attached to an aromatic ring is 1. The number of nitrogens with two attached hydrogens (primary N) is 2. The van der Waals surface area contributed by atoms with Crippen molar-refractivity contribution in [2.75, 3.05) is 33.4 Å².